The minimum absolute atomic E-state index is 0.102. The molecular formula is C29H28O2P2Pd. The molecule has 176 valence electrons. The number of carbonyl (C=O) groups excluding carboxylic acids is 1. The summed E-state index contributed by atoms with van der Waals surface area (Å²) in [5, 5.41) is 5.46. The molecule has 1 atom stereocenters. The summed E-state index contributed by atoms with van der Waals surface area (Å²) in [6, 6.07) is 43.2. The standard InChI is InChI=1S/C27H25P2.C2H4O2.Pd/c1-5-14-24(15-6-1)28(25-16-7-2-8-17-25)22-13-23-29(26-18-9-3-10-19-26)27-20-11-4-12-21-27;1-2(3)4;/h1-12,14-22H,13,23H2;1H3,(H,3,4);/q;;+1/p-1. The van der Waals surface area contributed by atoms with Crippen LogP contribution in [0.2, 0.25) is 0 Å². The summed E-state index contributed by atoms with van der Waals surface area (Å²) in [5.74, 6) is -0.191. The predicted molar refractivity (Wildman–Crippen MR) is 143 cm³/mol. The van der Waals surface area contributed by atoms with E-state index in [1.807, 2.05) is 0 Å². The average molecular weight is 577 g/mol. The van der Waals surface area contributed by atoms with Crippen LogP contribution in [-0.2, 0) is 26.6 Å². The molecule has 0 N–H and O–H groups in total. The van der Waals surface area contributed by atoms with Gasteiger partial charge in [-0.15, -0.1) is 0 Å². The van der Waals surface area contributed by atoms with Gasteiger partial charge in [-0.3, -0.25) is 0 Å². The molecule has 0 saturated carbocycles. The van der Waals surface area contributed by atoms with Crippen molar-refractivity contribution in [3.05, 3.63) is 121 Å². The third-order valence-corrected chi connectivity index (χ3v) is 13.4. The van der Waals surface area contributed by atoms with E-state index in [9.17, 15) is 4.79 Å². The summed E-state index contributed by atoms with van der Waals surface area (Å²) in [7, 11) is -1.15. The maximum absolute atomic E-state index is 11.8. The Hall–Kier alpha value is -2.13. The van der Waals surface area contributed by atoms with Gasteiger partial charge in [0.15, 0.2) is 0 Å². The van der Waals surface area contributed by atoms with Crippen molar-refractivity contribution in [1.82, 2.24) is 0 Å². The zero-order valence-electron chi connectivity index (χ0n) is 19.1. The van der Waals surface area contributed by atoms with Crippen molar-refractivity contribution in [2.75, 3.05) is 6.16 Å². The van der Waals surface area contributed by atoms with Crippen molar-refractivity contribution in [3.8, 4) is 0 Å². The molecule has 0 fully saturated rings. The van der Waals surface area contributed by atoms with Crippen molar-refractivity contribution in [2.24, 2.45) is 0 Å². The Balaban J connectivity index is 1.67. The third kappa shape index (κ3) is 6.95. The summed E-state index contributed by atoms with van der Waals surface area (Å²) in [5.41, 5.74) is 0. The minimum atomic E-state index is -0.658. The monoisotopic (exact) mass is 576 g/mol. The van der Waals surface area contributed by atoms with E-state index < -0.39 is 15.8 Å². The molecule has 0 amide bonds. The molecule has 4 rings (SSSR count). The molecule has 4 aromatic carbocycles. The van der Waals surface area contributed by atoms with Crippen molar-refractivity contribution in [1.29, 1.82) is 0 Å². The molecule has 2 nitrogen and oxygen atoms in total. The number of carbonyl (C=O) groups is 1. The molecule has 1 unspecified atom stereocenters. The Labute approximate surface area is 213 Å². The Kier molecular flexibility index (Phi) is 9.62. The molecule has 0 spiro atoms. The van der Waals surface area contributed by atoms with Crippen LogP contribution >= 0.6 is 15.8 Å². The molecule has 5 heteroatoms. The number of hydrogen-bond donors (Lipinski definition) is 0. The number of rotatable bonds is 10. The fraction of sp³-hybridized carbons (Fsp3) is 0.138. The van der Waals surface area contributed by atoms with Crippen LogP contribution in [0.4, 0.5) is 0 Å². The van der Waals surface area contributed by atoms with E-state index in [1.54, 1.807) is 0 Å². The predicted octanol–water partition coefficient (Wildman–Crippen LogP) is 5.53. The van der Waals surface area contributed by atoms with Crippen LogP contribution in [0.3, 0.4) is 0 Å². The second-order valence-corrected chi connectivity index (χ2v) is 14.8. The molecule has 4 aromatic rings. The van der Waals surface area contributed by atoms with Gasteiger partial charge in [0.25, 0.3) is 0 Å². The molecule has 0 aliphatic heterocycles. The molecule has 0 aromatic heterocycles. The van der Waals surface area contributed by atoms with E-state index in [1.165, 1.54) is 28.1 Å². The molecule has 0 aliphatic rings. The maximum atomic E-state index is 11.8. The summed E-state index contributed by atoms with van der Waals surface area (Å²) in [6.45, 7) is 1.52. The van der Waals surface area contributed by atoms with Gasteiger partial charge in [-0.05, 0) is 0 Å². The quantitative estimate of drug-likeness (QED) is 0.183. The SMILES string of the molecule is CC(=O)[O][Pd][CH](CCP(c1ccccc1)c1ccccc1)P(c1ccccc1)c1ccccc1. The summed E-state index contributed by atoms with van der Waals surface area (Å²) < 4.78 is 5.99. The number of benzene rings is 4. The van der Waals surface area contributed by atoms with Crippen LogP contribution in [0.25, 0.3) is 0 Å². The fourth-order valence-corrected chi connectivity index (χ4v) is 12.0. The Morgan fingerprint density at radius 3 is 1.44 bits per heavy atom. The van der Waals surface area contributed by atoms with E-state index >= 15 is 0 Å². The fourth-order valence-electron chi connectivity index (χ4n) is 3.78. The van der Waals surface area contributed by atoms with Crippen molar-refractivity contribution >= 4 is 43.0 Å². The summed E-state index contributed by atoms with van der Waals surface area (Å²) in [4.78, 5) is 11.8. The van der Waals surface area contributed by atoms with Crippen LogP contribution in [0, 0.1) is 0 Å². The van der Waals surface area contributed by atoms with Crippen molar-refractivity contribution in [2.45, 2.75) is 17.5 Å². The Bertz CT molecular complexity index is 1060. The second-order valence-electron chi connectivity index (χ2n) is 7.68. The van der Waals surface area contributed by atoms with Gasteiger partial charge in [0, 0.05) is 0 Å². The van der Waals surface area contributed by atoms with Crippen LogP contribution in [-0.4, -0.2) is 16.3 Å². The van der Waals surface area contributed by atoms with Gasteiger partial charge in [0.05, 0.1) is 0 Å². The van der Waals surface area contributed by atoms with Crippen molar-refractivity contribution in [3.63, 3.8) is 0 Å². The Morgan fingerprint density at radius 2 is 1.06 bits per heavy atom. The topological polar surface area (TPSA) is 26.3 Å². The zero-order valence-corrected chi connectivity index (χ0v) is 22.4. The molecular weight excluding hydrogens is 549 g/mol. The van der Waals surface area contributed by atoms with Crippen molar-refractivity contribution < 1.29 is 26.6 Å². The summed E-state index contributed by atoms with van der Waals surface area (Å²) in [6.07, 6.45) is 2.07. The molecule has 34 heavy (non-hydrogen) atoms. The first-order valence-corrected chi connectivity index (χ1v) is 15.7. The van der Waals surface area contributed by atoms with E-state index in [4.69, 9.17) is 3.46 Å². The normalized spacial score (nSPS) is 12.1. The second kappa shape index (κ2) is 13.1. The van der Waals surface area contributed by atoms with Gasteiger partial charge >= 0.3 is 215 Å². The van der Waals surface area contributed by atoms with Crippen LogP contribution in [0.15, 0.2) is 121 Å². The van der Waals surface area contributed by atoms with Gasteiger partial charge in [-0.1, -0.05) is 0 Å². The first-order chi connectivity index (χ1) is 16.7. The molecule has 0 saturated heterocycles. The third-order valence-electron chi connectivity index (χ3n) is 5.26. The van der Waals surface area contributed by atoms with Crippen LogP contribution in [0.1, 0.15) is 13.3 Å². The Morgan fingerprint density at radius 1 is 0.676 bits per heavy atom. The first-order valence-electron chi connectivity index (χ1n) is 11.2. The van der Waals surface area contributed by atoms with Gasteiger partial charge in [0.1, 0.15) is 0 Å². The van der Waals surface area contributed by atoms with Gasteiger partial charge in [0.2, 0.25) is 0 Å². The van der Waals surface area contributed by atoms with Gasteiger partial charge in [-0.25, -0.2) is 0 Å². The zero-order chi connectivity index (χ0) is 23.6. The molecule has 0 aliphatic carbocycles. The van der Waals surface area contributed by atoms with E-state index in [-0.39, 0.29) is 28.5 Å². The van der Waals surface area contributed by atoms with E-state index in [0.717, 1.165) is 12.6 Å². The summed E-state index contributed by atoms with van der Waals surface area (Å²) >= 11 is -0.102. The van der Waals surface area contributed by atoms with Gasteiger partial charge in [-0.2, -0.15) is 0 Å². The van der Waals surface area contributed by atoms with E-state index in [2.05, 4.69) is 121 Å². The van der Waals surface area contributed by atoms with Crippen LogP contribution < -0.4 is 21.2 Å². The van der Waals surface area contributed by atoms with E-state index in [0.29, 0.717) is 0 Å². The van der Waals surface area contributed by atoms with Gasteiger partial charge < -0.3 is 0 Å². The first kappa shape index (κ1) is 25.0. The average Bonchev–Trinajstić information content (AvgIpc) is 2.89. The number of hydrogen-bond acceptors (Lipinski definition) is 2. The molecule has 0 bridgehead atoms. The molecule has 0 radical (unpaired) electrons. The van der Waals surface area contributed by atoms with Crippen LogP contribution in [0.5, 0.6) is 0 Å². The molecule has 0 heterocycles.